The van der Waals surface area contributed by atoms with Crippen LogP contribution >= 0.6 is 0 Å². The average molecular weight is 294 g/mol. The predicted molar refractivity (Wildman–Crippen MR) is 76.1 cm³/mol. The topological polar surface area (TPSA) is 92.4 Å². The lowest BCUT2D eigenvalue weighted by Gasteiger charge is -2.28. The number of nitrogens with zero attached hydrogens (tertiary/aromatic N) is 1. The SMILES string of the molecule is CC(C)(C)c1cc(C(=O)NC2(CC(=O)O)CCCC2)no1. The van der Waals surface area contributed by atoms with E-state index in [0.717, 1.165) is 12.8 Å². The second-order valence-electron chi connectivity index (χ2n) is 6.84. The number of aromatic nitrogens is 1. The van der Waals surface area contributed by atoms with Crippen LogP contribution in [0.4, 0.5) is 0 Å². The summed E-state index contributed by atoms with van der Waals surface area (Å²) in [6.07, 6.45) is 3.19. The molecule has 1 fully saturated rings. The van der Waals surface area contributed by atoms with Crippen LogP contribution < -0.4 is 5.32 Å². The lowest BCUT2D eigenvalue weighted by molar-refractivity contribution is -0.138. The van der Waals surface area contributed by atoms with Gasteiger partial charge in [0.25, 0.3) is 5.91 Å². The quantitative estimate of drug-likeness (QED) is 0.890. The van der Waals surface area contributed by atoms with E-state index in [9.17, 15) is 9.59 Å². The summed E-state index contributed by atoms with van der Waals surface area (Å²) in [6.45, 7) is 5.91. The van der Waals surface area contributed by atoms with Gasteiger partial charge in [0, 0.05) is 11.5 Å². The van der Waals surface area contributed by atoms with Crippen molar-refractivity contribution in [3.8, 4) is 0 Å². The molecule has 6 nitrogen and oxygen atoms in total. The molecule has 0 saturated heterocycles. The fourth-order valence-corrected chi connectivity index (χ4v) is 2.73. The Morgan fingerprint density at radius 3 is 2.48 bits per heavy atom. The third-order valence-corrected chi connectivity index (χ3v) is 3.91. The highest BCUT2D eigenvalue weighted by molar-refractivity contribution is 5.93. The monoisotopic (exact) mass is 294 g/mol. The van der Waals surface area contributed by atoms with Crippen LogP contribution in [0, 0.1) is 0 Å². The Hall–Kier alpha value is -1.85. The molecular weight excluding hydrogens is 272 g/mol. The van der Waals surface area contributed by atoms with Gasteiger partial charge in [0.15, 0.2) is 5.69 Å². The Kier molecular flexibility index (Phi) is 4.07. The van der Waals surface area contributed by atoms with Gasteiger partial charge in [0.1, 0.15) is 5.76 Å². The molecule has 1 saturated carbocycles. The number of rotatable bonds is 4. The van der Waals surface area contributed by atoms with Crippen molar-refractivity contribution in [1.29, 1.82) is 0 Å². The van der Waals surface area contributed by atoms with Gasteiger partial charge in [-0.15, -0.1) is 0 Å². The fourth-order valence-electron chi connectivity index (χ4n) is 2.73. The van der Waals surface area contributed by atoms with E-state index < -0.39 is 11.5 Å². The number of carboxylic acid groups (broad SMARTS) is 1. The van der Waals surface area contributed by atoms with E-state index in [1.165, 1.54) is 0 Å². The number of amides is 1. The van der Waals surface area contributed by atoms with Gasteiger partial charge in [0.2, 0.25) is 0 Å². The summed E-state index contributed by atoms with van der Waals surface area (Å²) in [4.78, 5) is 23.3. The summed E-state index contributed by atoms with van der Waals surface area (Å²) in [5, 5.41) is 15.7. The number of nitrogens with one attached hydrogen (secondary N) is 1. The largest absolute Gasteiger partial charge is 0.481 e. The Morgan fingerprint density at radius 2 is 2.00 bits per heavy atom. The van der Waals surface area contributed by atoms with Crippen molar-refractivity contribution in [2.24, 2.45) is 0 Å². The molecule has 0 atom stereocenters. The number of carbonyl (C=O) groups excluding carboxylic acids is 1. The van der Waals surface area contributed by atoms with E-state index in [1.807, 2.05) is 20.8 Å². The maximum absolute atomic E-state index is 12.3. The summed E-state index contributed by atoms with van der Waals surface area (Å²) in [7, 11) is 0. The van der Waals surface area contributed by atoms with Crippen LogP contribution in [0.15, 0.2) is 10.6 Å². The smallest absolute Gasteiger partial charge is 0.305 e. The van der Waals surface area contributed by atoms with Gasteiger partial charge in [-0.25, -0.2) is 0 Å². The Labute approximate surface area is 123 Å². The van der Waals surface area contributed by atoms with Crippen molar-refractivity contribution in [2.75, 3.05) is 0 Å². The van der Waals surface area contributed by atoms with Gasteiger partial charge in [0.05, 0.1) is 12.0 Å². The molecule has 1 aromatic heterocycles. The number of aliphatic carboxylic acids is 1. The van der Waals surface area contributed by atoms with Crippen molar-refractivity contribution < 1.29 is 19.2 Å². The zero-order valence-electron chi connectivity index (χ0n) is 12.7. The summed E-state index contributed by atoms with van der Waals surface area (Å²) in [5.74, 6) is -0.628. The molecule has 1 aliphatic carbocycles. The zero-order valence-corrected chi connectivity index (χ0v) is 12.7. The molecule has 6 heteroatoms. The van der Waals surface area contributed by atoms with Crippen LogP contribution in [0.25, 0.3) is 0 Å². The summed E-state index contributed by atoms with van der Waals surface area (Å²) >= 11 is 0. The molecule has 1 amide bonds. The van der Waals surface area contributed by atoms with Gasteiger partial charge in [-0.3, -0.25) is 9.59 Å². The van der Waals surface area contributed by atoms with E-state index >= 15 is 0 Å². The van der Waals surface area contributed by atoms with Crippen LogP contribution in [-0.4, -0.2) is 27.7 Å². The van der Waals surface area contributed by atoms with E-state index in [0.29, 0.717) is 18.6 Å². The highest BCUT2D eigenvalue weighted by Crippen LogP contribution is 2.33. The molecule has 1 heterocycles. The van der Waals surface area contributed by atoms with Crippen LogP contribution in [0.5, 0.6) is 0 Å². The standard InChI is InChI=1S/C15H22N2O4/c1-14(2,3)11-8-10(17-21-11)13(20)16-15(9-12(18)19)6-4-5-7-15/h8H,4-7,9H2,1-3H3,(H,16,20)(H,18,19). The predicted octanol–water partition coefficient (Wildman–Crippen LogP) is 2.49. The molecule has 0 unspecified atom stereocenters. The number of hydrogen-bond donors (Lipinski definition) is 2. The molecule has 2 rings (SSSR count). The van der Waals surface area contributed by atoms with Crippen LogP contribution in [-0.2, 0) is 10.2 Å². The molecule has 21 heavy (non-hydrogen) atoms. The average Bonchev–Trinajstić information content (AvgIpc) is 2.95. The Balaban J connectivity index is 2.12. The molecule has 0 aromatic carbocycles. The minimum Gasteiger partial charge on any atom is -0.481 e. The first-order chi connectivity index (χ1) is 9.72. The van der Waals surface area contributed by atoms with Crippen molar-refractivity contribution in [1.82, 2.24) is 10.5 Å². The molecule has 2 N–H and O–H groups in total. The van der Waals surface area contributed by atoms with Crippen molar-refractivity contribution in [2.45, 2.75) is 63.8 Å². The van der Waals surface area contributed by atoms with Gasteiger partial charge in [-0.05, 0) is 12.8 Å². The molecule has 0 aliphatic heterocycles. The third-order valence-electron chi connectivity index (χ3n) is 3.91. The number of hydrogen-bond acceptors (Lipinski definition) is 4. The van der Waals surface area contributed by atoms with Crippen LogP contribution in [0.2, 0.25) is 0 Å². The maximum Gasteiger partial charge on any atom is 0.305 e. The minimum absolute atomic E-state index is 0.0529. The second kappa shape index (κ2) is 5.50. The first kappa shape index (κ1) is 15.5. The summed E-state index contributed by atoms with van der Waals surface area (Å²) in [5.41, 5.74) is -0.668. The van der Waals surface area contributed by atoms with E-state index in [-0.39, 0.29) is 23.4 Å². The third kappa shape index (κ3) is 3.62. The minimum atomic E-state index is -0.896. The fraction of sp³-hybridized carbons (Fsp3) is 0.667. The van der Waals surface area contributed by atoms with Crippen molar-refractivity contribution in [3.63, 3.8) is 0 Å². The number of carbonyl (C=O) groups is 2. The van der Waals surface area contributed by atoms with E-state index in [2.05, 4.69) is 10.5 Å². The van der Waals surface area contributed by atoms with E-state index in [4.69, 9.17) is 9.63 Å². The van der Waals surface area contributed by atoms with Gasteiger partial charge >= 0.3 is 5.97 Å². The van der Waals surface area contributed by atoms with E-state index in [1.54, 1.807) is 6.07 Å². The summed E-state index contributed by atoms with van der Waals surface area (Å²) in [6, 6.07) is 1.62. The zero-order chi connectivity index (χ0) is 15.7. The highest BCUT2D eigenvalue weighted by Gasteiger charge is 2.38. The molecule has 0 radical (unpaired) electrons. The van der Waals surface area contributed by atoms with Crippen molar-refractivity contribution >= 4 is 11.9 Å². The number of carboxylic acids is 1. The van der Waals surface area contributed by atoms with Crippen LogP contribution in [0.1, 0.15) is 69.1 Å². The maximum atomic E-state index is 12.3. The lowest BCUT2D eigenvalue weighted by atomic mass is 9.92. The van der Waals surface area contributed by atoms with Gasteiger partial charge < -0.3 is 14.9 Å². The molecule has 0 bridgehead atoms. The Bertz CT molecular complexity index is 536. The van der Waals surface area contributed by atoms with Gasteiger partial charge in [-0.1, -0.05) is 38.8 Å². The molecule has 116 valence electrons. The summed E-state index contributed by atoms with van der Waals surface area (Å²) < 4.78 is 5.20. The second-order valence-corrected chi connectivity index (χ2v) is 6.84. The Morgan fingerprint density at radius 1 is 1.38 bits per heavy atom. The molecule has 1 aliphatic rings. The van der Waals surface area contributed by atoms with Crippen LogP contribution in [0.3, 0.4) is 0 Å². The lowest BCUT2D eigenvalue weighted by Crippen LogP contribution is -2.47. The highest BCUT2D eigenvalue weighted by atomic mass is 16.5. The molecule has 0 spiro atoms. The normalized spacial score (nSPS) is 17.7. The molecular formula is C15H22N2O4. The first-order valence-electron chi connectivity index (χ1n) is 7.23. The first-order valence-corrected chi connectivity index (χ1v) is 7.23. The van der Waals surface area contributed by atoms with Crippen molar-refractivity contribution in [3.05, 3.63) is 17.5 Å². The van der Waals surface area contributed by atoms with Gasteiger partial charge in [-0.2, -0.15) is 0 Å². The molecule has 1 aromatic rings.